The Morgan fingerprint density at radius 1 is 1.73 bits per heavy atom. The second-order valence-corrected chi connectivity index (χ2v) is 2.75. The number of aliphatic carboxylic acids is 1. The van der Waals surface area contributed by atoms with Crippen molar-refractivity contribution < 1.29 is 14.6 Å². The molecule has 1 unspecified atom stereocenters. The monoisotopic (exact) mass is 159 g/mol. The van der Waals surface area contributed by atoms with Gasteiger partial charge < -0.3 is 15.2 Å². The molecule has 4 nitrogen and oxygen atoms in total. The van der Waals surface area contributed by atoms with Crippen molar-refractivity contribution in [1.29, 1.82) is 0 Å². The highest BCUT2D eigenvalue weighted by Crippen LogP contribution is 2.10. The lowest BCUT2D eigenvalue weighted by molar-refractivity contribution is -0.136. The van der Waals surface area contributed by atoms with Gasteiger partial charge in [0.15, 0.2) is 0 Å². The summed E-state index contributed by atoms with van der Waals surface area (Å²) in [5.41, 5.74) is 0. The Morgan fingerprint density at radius 3 is 3.09 bits per heavy atom. The van der Waals surface area contributed by atoms with Gasteiger partial charge in [-0.15, -0.1) is 0 Å². The van der Waals surface area contributed by atoms with Crippen molar-refractivity contribution in [3.63, 3.8) is 0 Å². The average molecular weight is 159 g/mol. The summed E-state index contributed by atoms with van der Waals surface area (Å²) in [7, 11) is 0. The van der Waals surface area contributed by atoms with E-state index in [1.54, 1.807) is 0 Å². The second-order valence-electron chi connectivity index (χ2n) is 2.75. The molecular formula is C7H13NO3. The zero-order valence-corrected chi connectivity index (χ0v) is 6.38. The topological polar surface area (TPSA) is 58.6 Å². The maximum absolute atomic E-state index is 10.1. The zero-order valence-electron chi connectivity index (χ0n) is 6.38. The summed E-state index contributed by atoms with van der Waals surface area (Å²) in [5.74, 6) is -0.293. The fraction of sp³-hybridized carbons (Fsp3) is 0.857. The van der Waals surface area contributed by atoms with Crippen LogP contribution in [0.4, 0.5) is 0 Å². The lowest BCUT2D eigenvalue weighted by Crippen LogP contribution is -2.28. The first-order valence-electron chi connectivity index (χ1n) is 3.79. The summed E-state index contributed by atoms with van der Waals surface area (Å²) >= 11 is 0. The van der Waals surface area contributed by atoms with Gasteiger partial charge in [-0.25, -0.2) is 0 Å². The Kier molecular flexibility index (Phi) is 3.32. The molecule has 1 atom stereocenters. The zero-order chi connectivity index (χ0) is 8.10. The van der Waals surface area contributed by atoms with E-state index in [0.29, 0.717) is 5.92 Å². The van der Waals surface area contributed by atoms with Gasteiger partial charge in [-0.3, -0.25) is 4.79 Å². The lowest BCUT2D eigenvalue weighted by Gasteiger charge is -2.06. The molecule has 0 aliphatic carbocycles. The highest BCUT2D eigenvalue weighted by atomic mass is 16.5. The van der Waals surface area contributed by atoms with Crippen LogP contribution in [0.1, 0.15) is 6.42 Å². The summed E-state index contributed by atoms with van der Waals surface area (Å²) in [6.45, 7) is 2.40. The molecule has 2 N–H and O–H groups in total. The minimum absolute atomic E-state index is 0.0521. The van der Waals surface area contributed by atoms with E-state index in [1.807, 2.05) is 0 Å². The maximum atomic E-state index is 10.1. The molecule has 0 bridgehead atoms. The van der Waals surface area contributed by atoms with E-state index in [9.17, 15) is 4.79 Å². The minimum atomic E-state index is -0.802. The molecule has 0 spiro atoms. The fourth-order valence-corrected chi connectivity index (χ4v) is 1.13. The molecular weight excluding hydrogens is 146 g/mol. The van der Waals surface area contributed by atoms with E-state index >= 15 is 0 Å². The van der Waals surface area contributed by atoms with Crippen molar-refractivity contribution in [2.75, 3.05) is 26.3 Å². The third-order valence-electron chi connectivity index (χ3n) is 1.73. The van der Waals surface area contributed by atoms with Crippen molar-refractivity contribution in [2.45, 2.75) is 6.42 Å². The van der Waals surface area contributed by atoms with Crippen LogP contribution >= 0.6 is 0 Å². The summed E-state index contributed by atoms with van der Waals surface area (Å²) in [4.78, 5) is 10.1. The third kappa shape index (κ3) is 3.34. The molecule has 1 aliphatic heterocycles. The molecule has 1 fully saturated rings. The van der Waals surface area contributed by atoms with Crippen molar-refractivity contribution in [2.24, 2.45) is 5.92 Å². The molecule has 1 aliphatic rings. The average Bonchev–Trinajstić information content (AvgIpc) is 2.39. The Morgan fingerprint density at radius 2 is 2.55 bits per heavy atom. The number of carboxylic acid groups (broad SMARTS) is 1. The number of carbonyl (C=O) groups is 1. The number of hydrogen-bond acceptors (Lipinski definition) is 3. The van der Waals surface area contributed by atoms with Gasteiger partial charge in [-0.2, -0.15) is 0 Å². The van der Waals surface area contributed by atoms with Gasteiger partial charge in [0.25, 0.3) is 0 Å². The lowest BCUT2D eigenvalue weighted by atomic mass is 10.1. The molecule has 0 aromatic heterocycles. The number of carboxylic acids is 1. The summed E-state index contributed by atoms with van der Waals surface area (Å²) in [5, 5.41) is 11.1. The molecule has 0 saturated carbocycles. The number of rotatable bonds is 4. The molecule has 1 rings (SSSR count). The second kappa shape index (κ2) is 4.31. The Hall–Kier alpha value is -0.610. The normalized spacial score (nSPS) is 23.8. The number of ether oxygens (including phenoxy) is 1. The van der Waals surface area contributed by atoms with E-state index in [-0.39, 0.29) is 6.54 Å². The molecule has 0 amide bonds. The Labute approximate surface area is 65.5 Å². The first-order valence-corrected chi connectivity index (χ1v) is 3.79. The van der Waals surface area contributed by atoms with Crippen LogP contribution in [0.5, 0.6) is 0 Å². The number of hydrogen-bond donors (Lipinski definition) is 2. The van der Waals surface area contributed by atoms with Gasteiger partial charge in [0.1, 0.15) is 0 Å². The summed E-state index contributed by atoms with van der Waals surface area (Å²) in [6.07, 6.45) is 1.05. The van der Waals surface area contributed by atoms with E-state index < -0.39 is 5.97 Å². The molecule has 11 heavy (non-hydrogen) atoms. The van der Waals surface area contributed by atoms with Crippen LogP contribution in [0.25, 0.3) is 0 Å². The Bertz CT molecular complexity index is 132. The van der Waals surface area contributed by atoms with E-state index in [1.165, 1.54) is 0 Å². The van der Waals surface area contributed by atoms with Crippen molar-refractivity contribution in [1.82, 2.24) is 5.32 Å². The third-order valence-corrected chi connectivity index (χ3v) is 1.73. The van der Waals surface area contributed by atoms with Crippen LogP contribution in [0, 0.1) is 5.92 Å². The van der Waals surface area contributed by atoms with Gasteiger partial charge in [0.05, 0.1) is 13.2 Å². The van der Waals surface area contributed by atoms with Gasteiger partial charge in [-0.05, 0) is 12.3 Å². The molecule has 64 valence electrons. The summed E-state index contributed by atoms with van der Waals surface area (Å²) in [6, 6.07) is 0. The van der Waals surface area contributed by atoms with Crippen LogP contribution < -0.4 is 5.32 Å². The Balaban J connectivity index is 1.98. The van der Waals surface area contributed by atoms with Crippen LogP contribution in [-0.2, 0) is 9.53 Å². The van der Waals surface area contributed by atoms with Crippen LogP contribution in [0.15, 0.2) is 0 Å². The molecule has 1 saturated heterocycles. The smallest absolute Gasteiger partial charge is 0.317 e. The highest BCUT2D eigenvalue weighted by molar-refractivity contribution is 5.68. The minimum Gasteiger partial charge on any atom is -0.480 e. The molecule has 1 heterocycles. The molecule has 4 heteroatoms. The van der Waals surface area contributed by atoms with Crippen LogP contribution in [-0.4, -0.2) is 37.4 Å². The largest absolute Gasteiger partial charge is 0.480 e. The van der Waals surface area contributed by atoms with Gasteiger partial charge in [0.2, 0.25) is 0 Å². The summed E-state index contributed by atoms with van der Waals surface area (Å²) < 4.78 is 5.13. The highest BCUT2D eigenvalue weighted by Gasteiger charge is 2.14. The first-order chi connectivity index (χ1) is 5.29. The quantitative estimate of drug-likeness (QED) is 0.591. The predicted molar refractivity (Wildman–Crippen MR) is 39.4 cm³/mol. The first kappa shape index (κ1) is 8.49. The van der Waals surface area contributed by atoms with Crippen LogP contribution in [0.3, 0.4) is 0 Å². The predicted octanol–water partition coefficient (Wildman–Crippen LogP) is -0.303. The van der Waals surface area contributed by atoms with E-state index in [0.717, 1.165) is 26.2 Å². The van der Waals surface area contributed by atoms with Gasteiger partial charge in [-0.1, -0.05) is 0 Å². The molecule has 0 radical (unpaired) electrons. The van der Waals surface area contributed by atoms with Gasteiger partial charge >= 0.3 is 5.97 Å². The van der Waals surface area contributed by atoms with Gasteiger partial charge in [0, 0.05) is 13.2 Å². The molecule has 0 aromatic rings. The van der Waals surface area contributed by atoms with E-state index in [2.05, 4.69) is 5.32 Å². The van der Waals surface area contributed by atoms with Crippen LogP contribution in [0.2, 0.25) is 0 Å². The SMILES string of the molecule is O=C(O)CNCC1CCOC1. The fourth-order valence-electron chi connectivity index (χ4n) is 1.13. The maximum Gasteiger partial charge on any atom is 0.317 e. The van der Waals surface area contributed by atoms with Crippen molar-refractivity contribution in [3.05, 3.63) is 0 Å². The number of nitrogens with one attached hydrogen (secondary N) is 1. The van der Waals surface area contributed by atoms with E-state index in [4.69, 9.17) is 9.84 Å². The molecule has 0 aromatic carbocycles. The van der Waals surface area contributed by atoms with Crippen molar-refractivity contribution in [3.8, 4) is 0 Å². The standard InChI is InChI=1S/C7H13NO3/c9-7(10)4-8-3-6-1-2-11-5-6/h6,8H,1-5H2,(H,9,10). The van der Waals surface area contributed by atoms with Crippen molar-refractivity contribution >= 4 is 5.97 Å².